The highest BCUT2D eigenvalue weighted by atomic mass is 16.5. The summed E-state index contributed by atoms with van der Waals surface area (Å²) in [5, 5.41) is 8.42. The lowest BCUT2D eigenvalue weighted by molar-refractivity contribution is 0.125. The van der Waals surface area contributed by atoms with Crippen LogP contribution in [0.3, 0.4) is 0 Å². The van der Waals surface area contributed by atoms with Crippen molar-refractivity contribution in [3.8, 4) is 0 Å². The number of hydrogen-bond acceptors (Lipinski definition) is 2. The number of aliphatic hydroxyl groups is 1. The molecule has 0 unspecified atom stereocenters. The van der Waals surface area contributed by atoms with Crippen molar-refractivity contribution < 1.29 is 9.84 Å². The molecule has 0 aliphatic carbocycles. The highest BCUT2D eigenvalue weighted by molar-refractivity contribution is 4.52. The van der Waals surface area contributed by atoms with Gasteiger partial charge in [-0.05, 0) is 19.3 Å². The predicted octanol–water partition coefficient (Wildman–Crippen LogP) is 15.9. The molecule has 1 N–H and O–H groups in total. The van der Waals surface area contributed by atoms with Crippen LogP contribution >= 0.6 is 0 Å². The topological polar surface area (TPSA) is 29.5 Å². The van der Waals surface area contributed by atoms with Gasteiger partial charge >= 0.3 is 0 Å². The van der Waals surface area contributed by atoms with Crippen molar-refractivity contribution in [3.63, 3.8) is 0 Å². The molecule has 0 aliphatic rings. The lowest BCUT2D eigenvalue weighted by Gasteiger charge is -2.06. The molecular weight excluding hydrogens is 560 g/mol. The number of hydrogen-bond donors (Lipinski definition) is 1. The number of rotatable bonds is 40. The van der Waals surface area contributed by atoms with Crippen LogP contribution in [0.4, 0.5) is 0 Å². The molecule has 0 spiro atoms. The van der Waals surface area contributed by atoms with Crippen molar-refractivity contribution in [2.24, 2.45) is 0 Å². The van der Waals surface area contributed by atoms with E-state index < -0.39 is 0 Å². The smallest absolute Gasteiger partial charge is 0.0466 e. The minimum Gasteiger partial charge on any atom is -0.396 e. The fraction of sp³-hybridized carbons (Fsp3) is 1.00. The summed E-state index contributed by atoms with van der Waals surface area (Å²) in [5.41, 5.74) is 0. The Labute approximate surface area is 293 Å². The normalized spacial score (nSPS) is 11.2. The third-order valence-corrected chi connectivity index (χ3v) is 9.80. The quantitative estimate of drug-likeness (QED) is 0.0667. The zero-order chi connectivity index (χ0) is 33.7. The third kappa shape index (κ3) is 50.8. The molecule has 0 atom stereocenters. The molecule has 0 aromatic rings. The van der Waals surface area contributed by atoms with Gasteiger partial charge in [-0.15, -0.1) is 0 Å². The second-order valence-electron chi connectivity index (χ2n) is 14.7. The Kier molecular flexibility index (Phi) is 51.5. The van der Waals surface area contributed by atoms with E-state index >= 15 is 0 Å². The molecule has 0 saturated carbocycles. The molecule has 0 fully saturated rings. The molecule has 0 aromatic carbocycles. The minimum atomic E-state index is 0.367. The zero-order valence-electron chi connectivity index (χ0n) is 32.8. The Morgan fingerprint density at radius 2 is 0.413 bits per heavy atom. The summed E-state index contributed by atoms with van der Waals surface area (Å²) in [6, 6.07) is 0. The first kappa shape index (κ1) is 48.0. The average molecular weight is 653 g/mol. The fourth-order valence-electron chi connectivity index (χ4n) is 6.50. The minimum absolute atomic E-state index is 0.367. The van der Waals surface area contributed by atoms with Crippen LogP contribution in [0.15, 0.2) is 0 Å². The lowest BCUT2D eigenvalue weighted by atomic mass is 10.0. The number of unbranched alkanes of at least 4 members (excludes halogenated alkanes) is 35. The molecule has 0 heterocycles. The molecule has 280 valence electrons. The van der Waals surface area contributed by atoms with Gasteiger partial charge in [-0.25, -0.2) is 0 Å². The first-order chi connectivity index (χ1) is 22.8. The monoisotopic (exact) mass is 653 g/mol. The highest BCUT2D eigenvalue weighted by Gasteiger charge is 1.97. The van der Waals surface area contributed by atoms with Crippen LogP contribution in [0.1, 0.15) is 265 Å². The van der Waals surface area contributed by atoms with E-state index in [0.29, 0.717) is 6.61 Å². The predicted molar refractivity (Wildman–Crippen MR) is 210 cm³/mol. The van der Waals surface area contributed by atoms with Gasteiger partial charge in [-0.2, -0.15) is 0 Å². The molecule has 0 amide bonds. The van der Waals surface area contributed by atoms with Crippen molar-refractivity contribution >= 4 is 0 Å². The van der Waals surface area contributed by atoms with E-state index in [4.69, 9.17) is 9.84 Å². The van der Waals surface area contributed by atoms with Crippen molar-refractivity contribution in [1.29, 1.82) is 0 Å². The number of aliphatic hydroxyl groups excluding tert-OH is 1. The van der Waals surface area contributed by atoms with Gasteiger partial charge in [0.05, 0.1) is 0 Å². The second kappa shape index (κ2) is 49.3. The van der Waals surface area contributed by atoms with Crippen LogP contribution in [-0.4, -0.2) is 24.9 Å². The second-order valence-corrected chi connectivity index (χ2v) is 14.7. The van der Waals surface area contributed by atoms with Crippen LogP contribution in [0.5, 0.6) is 0 Å². The fourth-order valence-corrected chi connectivity index (χ4v) is 6.50. The van der Waals surface area contributed by atoms with Gasteiger partial charge in [-0.1, -0.05) is 245 Å². The van der Waals surface area contributed by atoms with Crippen LogP contribution in [-0.2, 0) is 4.74 Å². The van der Waals surface area contributed by atoms with Crippen LogP contribution in [0.2, 0.25) is 0 Å². The van der Waals surface area contributed by atoms with Gasteiger partial charge in [-0.3, -0.25) is 0 Å². The van der Waals surface area contributed by atoms with Crippen molar-refractivity contribution in [3.05, 3.63) is 0 Å². The first-order valence-electron chi connectivity index (χ1n) is 22.0. The van der Waals surface area contributed by atoms with E-state index in [0.717, 1.165) is 19.6 Å². The summed E-state index contributed by atoms with van der Waals surface area (Å²) >= 11 is 0. The Morgan fingerprint density at radius 3 is 0.609 bits per heavy atom. The van der Waals surface area contributed by atoms with Crippen LogP contribution < -0.4 is 0 Å². The van der Waals surface area contributed by atoms with Gasteiger partial charge in [0.15, 0.2) is 0 Å². The van der Waals surface area contributed by atoms with Gasteiger partial charge in [0, 0.05) is 19.8 Å². The van der Waals surface area contributed by atoms with E-state index in [1.54, 1.807) is 0 Å². The van der Waals surface area contributed by atoms with E-state index in [9.17, 15) is 0 Å². The van der Waals surface area contributed by atoms with Gasteiger partial charge < -0.3 is 9.84 Å². The molecule has 0 aliphatic heterocycles. The molecule has 2 heteroatoms. The standard InChI is InChI=1S/C36H74O.C8H18O/c1-3-5-7-9-11-13-15-17-19-21-23-25-27-29-31-33-35-37-36-34-32-30-28-26-24-22-20-18-16-14-12-10-8-6-4-2;1-2-3-4-5-6-7-8-9/h3-36H2,1-2H3;9H,2-8H2,1H3. The SMILES string of the molecule is CCCCCCCCCCCCCCCCCCOCCCCCCCCCCCCCCCCCC.CCCCCCCCO. The Balaban J connectivity index is 0. The summed E-state index contributed by atoms with van der Waals surface area (Å²) in [6.45, 7) is 9.18. The first-order valence-corrected chi connectivity index (χ1v) is 22.0. The summed E-state index contributed by atoms with van der Waals surface area (Å²) in [4.78, 5) is 0. The van der Waals surface area contributed by atoms with Crippen LogP contribution in [0.25, 0.3) is 0 Å². The van der Waals surface area contributed by atoms with E-state index in [-0.39, 0.29) is 0 Å². The molecular formula is C44H92O2. The lowest BCUT2D eigenvalue weighted by Crippen LogP contribution is -1.97. The Hall–Kier alpha value is -0.0800. The molecule has 46 heavy (non-hydrogen) atoms. The maximum atomic E-state index is 8.42. The molecule has 0 rings (SSSR count). The largest absolute Gasteiger partial charge is 0.396 e. The zero-order valence-corrected chi connectivity index (χ0v) is 32.8. The van der Waals surface area contributed by atoms with Gasteiger partial charge in [0.25, 0.3) is 0 Å². The average Bonchev–Trinajstić information content (AvgIpc) is 3.07. The molecule has 2 nitrogen and oxygen atoms in total. The van der Waals surface area contributed by atoms with E-state index in [1.165, 1.54) is 238 Å². The van der Waals surface area contributed by atoms with E-state index in [2.05, 4.69) is 20.8 Å². The molecule has 0 aromatic heterocycles. The number of ether oxygens (including phenoxy) is 1. The highest BCUT2D eigenvalue weighted by Crippen LogP contribution is 2.15. The summed E-state index contributed by atoms with van der Waals surface area (Å²) in [6.07, 6.45) is 53.5. The molecule has 0 radical (unpaired) electrons. The summed E-state index contributed by atoms with van der Waals surface area (Å²) < 4.78 is 5.87. The molecule has 0 bridgehead atoms. The van der Waals surface area contributed by atoms with Crippen molar-refractivity contribution in [1.82, 2.24) is 0 Å². The Morgan fingerprint density at radius 1 is 0.239 bits per heavy atom. The summed E-state index contributed by atoms with van der Waals surface area (Å²) in [5.74, 6) is 0. The summed E-state index contributed by atoms with van der Waals surface area (Å²) in [7, 11) is 0. The Bertz CT molecular complexity index is 425. The van der Waals surface area contributed by atoms with Crippen molar-refractivity contribution in [2.45, 2.75) is 265 Å². The van der Waals surface area contributed by atoms with E-state index in [1.807, 2.05) is 0 Å². The molecule has 0 saturated heterocycles. The maximum absolute atomic E-state index is 8.42. The maximum Gasteiger partial charge on any atom is 0.0466 e. The third-order valence-electron chi connectivity index (χ3n) is 9.80. The van der Waals surface area contributed by atoms with Crippen molar-refractivity contribution in [2.75, 3.05) is 19.8 Å². The van der Waals surface area contributed by atoms with Gasteiger partial charge in [0.2, 0.25) is 0 Å². The van der Waals surface area contributed by atoms with Gasteiger partial charge in [0.1, 0.15) is 0 Å². The van der Waals surface area contributed by atoms with Crippen LogP contribution in [0, 0.1) is 0 Å².